The third-order valence-corrected chi connectivity index (χ3v) is 2.83. The van der Waals surface area contributed by atoms with Crippen LogP contribution in [-0.4, -0.2) is 37.7 Å². The first kappa shape index (κ1) is 9.59. The van der Waals surface area contributed by atoms with Crippen LogP contribution in [0.15, 0.2) is 17.8 Å². The lowest BCUT2D eigenvalue weighted by atomic mass is 10.1. The summed E-state index contributed by atoms with van der Waals surface area (Å²) in [6.45, 7) is 3.05. The molecule has 0 spiro atoms. The van der Waals surface area contributed by atoms with Crippen LogP contribution in [0.4, 0.5) is 0 Å². The van der Waals surface area contributed by atoms with E-state index in [-0.39, 0.29) is 0 Å². The Hall–Kier alpha value is -0.960. The molecular formula is C11H17N2O. The molecule has 0 saturated carbocycles. The van der Waals surface area contributed by atoms with Crippen molar-refractivity contribution in [3.05, 3.63) is 24.0 Å². The van der Waals surface area contributed by atoms with Crippen molar-refractivity contribution in [3.63, 3.8) is 0 Å². The van der Waals surface area contributed by atoms with Gasteiger partial charge in [0.05, 0.1) is 18.0 Å². The molecule has 0 aliphatic carbocycles. The van der Waals surface area contributed by atoms with Crippen molar-refractivity contribution in [2.75, 3.05) is 26.7 Å². The minimum atomic E-state index is 0.451. The minimum absolute atomic E-state index is 0.451. The lowest BCUT2D eigenvalue weighted by molar-refractivity contribution is 0.0509. The molecule has 1 radical (unpaired) electrons. The Kier molecular flexibility index (Phi) is 3.09. The Morgan fingerprint density at radius 3 is 2.86 bits per heavy atom. The summed E-state index contributed by atoms with van der Waals surface area (Å²) < 4.78 is 5.34. The first-order valence-corrected chi connectivity index (χ1v) is 5.20. The third-order valence-electron chi connectivity index (χ3n) is 2.83. The van der Waals surface area contributed by atoms with Gasteiger partial charge in [0.1, 0.15) is 0 Å². The van der Waals surface area contributed by atoms with E-state index in [4.69, 9.17) is 4.74 Å². The summed E-state index contributed by atoms with van der Waals surface area (Å²) in [4.78, 5) is 2.36. The normalized spacial score (nSPS) is 23.2. The number of nitrogens with zero attached hydrogens (tertiary/aromatic N) is 1. The predicted octanol–water partition coefficient (Wildman–Crippen LogP) is 0.901. The smallest absolute Gasteiger partial charge is 0.0837 e. The van der Waals surface area contributed by atoms with Gasteiger partial charge in [-0.25, -0.2) is 0 Å². The Balaban J connectivity index is 1.88. The lowest BCUT2D eigenvalue weighted by Gasteiger charge is -2.33. The van der Waals surface area contributed by atoms with Gasteiger partial charge in [0.25, 0.3) is 0 Å². The molecule has 0 aromatic carbocycles. The lowest BCUT2D eigenvalue weighted by Crippen LogP contribution is -2.36. The van der Waals surface area contributed by atoms with E-state index < -0.39 is 0 Å². The highest BCUT2D eigenvalue weighted by molar-refractivity contribution is 5.18. The molecule has 1 saturated heterocycles. The molecule has 0 amide bonds. The van der Waals surface area contributed by atoms with Crippen LogP contribution < -0.4 is 5.32 Å². The maximum atomic E-state index is 5.34. The number of likely N-dealkylation sites (tertiary alicyclic amines) is 1. The summed E-state index contributed by atoms with van der Waals surface area (Å²) in [5, 5.41) is 3.11. The number of rotatable bonds is 2. The zero-order valence-corrected chi connectivity index (χ0v) is 8.62. The number of ether oxygens (including phenoxy) is 1. The van der Waals surface area contributed by atoms with Gasteiger partial charge in [-0.1, -0.05) is 6.08 Å². The monoisotopic (exact) mass is 193 g/mol. The zero-order chi connectivity index (χ0) is 9.80. The Labute approximate surface area is 85.4 Å². The topological polar surface area (TPSA) is 24.5 Å². The van der Waals surface area contributed by atoms with Gasteiger partial charge in [-0.15, -0.1) is 0 Å². The van der Waals surface area contributed by atoms with Crippen LogP contribution in [0.1, 0.15) is 12.8 Å². The maximum absolute atomic E-state index is 5.34. The molecule has 2 aliphatic rings. The molecule has 0 unspecified atom stereocenters. The molecule has 0 aromatic heterocycles. The third kappa shape index (κ3) is 2.10. The summed E-state index contributed by atoms with van der Waals surface area (Å²) in [6, 6.07) is 0. The van der Waals surface area contributed by atoms with Crippen molar-refractivity contribution in [2.45, 2.75) is 18.9 Å². The standard InChI is InChI=1S/C11H17N2O/c1-14-11-4-7-13(8-5-11)10-3-2-6-12-9-10/h2-3,11-12H,4-8H2,1H3. The van der Waals surface area contributed by atoms with E-state index in [9.17, 15) is 0 Å². The van der Waals surface area contributed by atoms with E-state index >= 15 is 0 Å². The number of hydrogen-bond acceptors (Lipinski definition) is 3. The predicted molar refractivity (Wildman–Crippen MR) is 55.5 cm³/mol. The highest BCUT2D eigenvalue weighted by Gasteiger charge is 2.19. The fourth-order valence-corrected chi connectivity index (χ4v) is 1.93. The number of dihydropyridines is 1. The zero-order valence-electron chi connectivity index (χ0n) is 8.62. The number of nitrogens with one attached hydrogen (secondary N) is 1. The van der Waals surface area contributed by atoms with E-state index in [2.05, 4.69) is 28.6 Å². The van der Waals surface area contributed by atoms with E-state index in [1.165, 1.54) is 5.70 Å². The Morgan fingerprint density at radius 2 is 2.29 bits per heavy atom. The van der Waals surface area contributed by atoms with Crippen molar-refractivity contribution in [3.8, 4) is 0 Å². The average Bonchev–Trinajstić information content (AvgIpc) is 2.30. The maximum Gasteiger partial charge on any atom is 0.0837 e. The highest BCUT2D eigenvalue weighted by atomic mass is 16.5. The number of hydrogen-bond donors (Lipinski definition) is 1. The van der Waals surface area contributed by atoms with Crippen molar-refractivity contribution >= 4 is 0 Å². The van der Waals surface area contributed by atoms with Gasteiger partial charge in [0.15, 0.2) is 0 Å². The Morgan fingerprint density at radius 1 is 1.50 bits per heavy atom. The molecule has 0 atom stereocenters. The van der Waals surface area contributed by atoms with E-state index in [1.807, 2.05) is 0 Å². The summed E-state index contributed by atoms with van der Waals surface area (Å²) >= 11 is 0. The van der Waals surface area contributed by atoms with Crippen molar-refractivity contribution in [2.24, 2.45) is 0 Å². The number of piperidine rings is 1. The molecule has 2 aliphatic heterocycles. The molecule has 0 bridgehead atoms. The second-order valence-electron chi connectivity index (χ2n) is 3.72. The summed E-state index contributed by atoms with van der Waals surface area (Å²) in [5.74, 6) is 0. The molecule has 0 aromatic rings. The highest BCUT2D eigenvalue weighted by Crippen LogP contribution is 2.18. The van der Waals surface area contributed by atoms with Gasteiger partial charge in [-0.2, -0.15) is 0 Å². The summed E-state index contributed by atoms with van der Waals surface area (Å²) in [6.07, 6.45) is 10.2. The molecule has 1 N–H and O–H groups in total. The van der Waals surface area contributed by atoms with Gasteiger partial charge in [0, 0.05) is 26.7 Å². The number of methoxy groups -OCH3 is 1. The largest absolute Gasteiger partial charge is 0.381 e. The van der Waals surface area contributed by atoms with Gasteiger partial charge < -0.3 is 15.0 Å². The summed E-state index contributed by atoms with van der Waals surface area (Å²) in [5.41, 5.74) is 1.19. The van der Waals surface area contributed by atoms with Gasteiger partial charge >= 0.3 is 0 Å². The molecular weight excluding hydrogens is 176 g/mol. The van der Waals surface area contributed by atoms with Crippen LogP contribution in [0.5, 0.6) is 0 Å². The van der Waals surface area contributed by atoms with Crippen molar-refractivity contribution in [1.82, 2.24) is 10.2 Å². The van der Waals surface area contributed by atoms with Gasteiger partial charge in [0.2, 0.25) is 0 Å². The van der Waals surface area contributed by atoms with Crippen LogP contribution in [0.25, 0.3) is 0 Å². The molecule has 3 heteroatoms. The molecule has 14 heavy (non-hydrogen) atoms. The van der Waals surface area contributed by atoms with Crippen molar-refractivity contribution in [1.29, 1.82) is 0 Å². The SMILES string of the molecule is COC1CCN(C2=[C]NCC=C2)CC1. The second kappa shape index (κ2) is 4.51. The average molecular weight is 193 g/mol. The first-order valence-electron chi connectivity index (χ1n) is 5.20. The fraction of sp³-hybridized carbons (Fsp3) is 0.636. The molecule has 2 heterocycles. The van der Waals surface area contributed by atoms with Gasteiger partial charge in [-0.3, -0.25) is 0 Å². The molecule has 1 fully saturated rings. The Bertz CT molecular complexity index is 240. The van der Waals surface area contributed by atoms with Crippen LogP contribution in [-0.2, 0) is 4.74 Å². The second-order valence-corrected chi connectivity index (χ2v) is 3.72. The quantitative estimate of drug-likeness (QED) is 0.705. The van der Waals surface area contributed by atoms with Gasteiger partial charge in [-0.05, 0) is 18.9 Å². The van der Waals surface area contributed by atoms with E-state index in [1.54, 1.807) is 7.11 Å². The number of allylic oxidation sites excluding steroid dienone is 1. The fourth-order valence-electron chi connectivity index (χ4n) is 1.93. The molecule has 2 rings (SSSR count). The van der Waals surface area contributed by atoms with E-state index in [0.29, 0.717) is 6.10 Å². The van der Waals surface area contributed by atoms with Crippen LogP contribution in [0.3, 0.4) is 0 Å². The van der Waals surface area contributed by atoms with E-state index in [0.717, 1.165) is 32.5 Å². The first-order chi connectivity index (χ1) is 6.90. The van der Waals surface area contributed by atoms with Crippen LogP contribution >= 0.6 is 0 Å². The van der Waals surface area contributed by atoms with Crippen LogP contribution in [0, 0.1) is 6.20 Å². The summed E-state index contributed by atoms with van der Waals surface area (Å²) in [7, 11) is 1.80. The molecule has 3 nitrogen and oxygen atoms in total. The van der Waals surface area contributed by atoms with Crippen molar-refractivity contribution < 1.29 is 4.74 Å². The molecule has 77 valence electrons. The van der Waals surface area contributed by atoms with Crippen LogP contribution in [0.2, 0.25) is 0 Å². The minimum Gasteiger partial charge on any atom is -0.381 e.